The number of carbonyl (C=O) groups is 1. The number of urea groups is 1. The van der Waals surface area contributed by atoms with Gasteiger partial charge in [-0.25, -0.2) is 4.79 Å². The highest BCUT2D eigenvalue weighted by molar-refractivity contribution is 5.74. The van der Waals surface area contributed by atoms with Gasteiger partial charge in [-0.3, -0.25) is 0 Å². The molecule has 0 saturated carbocycles. The molecule has 3 N–H and O–H groups in total. The first-order valence-electron chi connectivity index (χ1n) is 4.65. The lowest BCUT2D eigenvalue weighted by molar-refractivity contribution is 0.231. The molecule has 0 aliphatic carbocycles. The summed E-state index contributed by atoms with van der Waals surface area (Å²) >= 11 is 0. The van der Waals surface area contributed by atoms with E-state index in [-0.39, 0.29) is 11.6 Å². The lowest BCUT2D eigenvalue weighted by atomic mass is 10.1. The predicted molar refractivity (Wildman–Crippen MR) is 55.9 cm³/mol. The predicted octanol–water partition coefficient (Wildman–Crippen LogP) is 1.61. The Balaban J connectivity index is 2.29. The van der Waals surface area contributed by atoms with Gasteiger partial charge in [-0.05, 0) is 32.4 Å². The van der Waals surface area contributed by atoms with Gasteiger partial charge in [-0.1, -0.05) is 0 Å². The lowest BCUT2D eigenvalue weighted by Gasteiger charge is -2.20. The molecular weight excluding hydrogens is 178 g/mol. The number of aromatic amines is 1. The molecule has 78 valence electrons. The molecule has 0 aliphatic heterocycles. The van der Waals surface area contributed by atoms with E-state index in [0.717, 1.165) is 5.56 Å². The second kappa shape index (κ2) is 4.17. The van der Waals surface area contributed by atoms with E-state index in [2.05, 4.69) is 15.6 Å². The van der Waals surface area contributed by atoms with Gasteiger partial charge < -0.3 is 15.6 Å². The summed E-state index contributed by atoms with van der Waals surface area (Å²) in [5, 5.41) is 5.59. The average molecular weight is 195 g/mol. The van der Waals surface area contributed by atoms with Gasteiger partial charge >= 0.3 is 6.03 Å². The van der Waals surface area contributed by atoms with E-state index in [4.69, 9.17) is 0 Å². The van der Waals surface area contributed by atoms with E-state index in [1.165, 1.54) is 0 Å². The topological polar surface area (TPSA) is 56.9 Å². The zero-order chi connectivity index (χ0) is 10.6. The first-order chi connectivity index (χ1) is 6.47. The molecule has 0 aliphatic rings. The quantitative estimate of drug-likeness (QED) is 0.659. The number of hydrogen-bond donors (Lipinski definition) is 3. The van der Waals surface area contributed by atoms with Crippen molar-refractivity contribution in [2.24, 2.45) is 0 Å². The number of hydrogen-bond acceptors (Lipinski definition) is 1. The van der Waals surface area contributed by atoms with Crippen LogP contribution >= 0.6 is 0 Å². The summed E-state index contributed by atoms with van der Waals surface area (Å²) in [6.45, 7) is 6.39. The summed E-state index contributed by atoms with van der Waals surface area (Å²) in [5.74, 6) is 0. The van der Waals surface area contributed by atoms with Crippen molar-refractivity contribution in [1.82, 2.24) is 15.6 Å². The SMILES string of the molecule is CC(C)(C)NC(=O)NCc1cc[nH]c1. The van der Waals surface area contributed by atoms with Gasteiger partial charge in [0, 0.05) is 24.5 Å². The largest absolute Gasteiger partial charge is 0.367 e. The van der Waals surface area contributed by atoms with Gasteiger partial charge in [0.15, 0.2) is 0 Å². The van der Waals surface area contributed by atoms with Gasteiger partial charge in [0.1, 0.15) is 0 Å². The average Bonchev–Trinajstić information content (AvgIpc) is 2.49. The van der Waals surface area contributed by atoms with E-state index in [0.29, 0.717) is 6.54 Å². The van der Waals surface area contributed by atoms with Crippen LogP contribution in [0, 0.1) is 0 Å². The van der Waals surface area contributed by atoms with Gasteiger partial charge in [0.2, 0.25) is 0 Å². The molecule has 0 spiro atoms. The minimum absolute atomic E-state index is 0.140. The zero-order valence-corrected chi connectivity index (χ0v) is 8.85. The van der Waals surface area contributed by atoms with Crippen LogP contribution in [0.1, 0.15) is 26.3 Å². The fourth-order valence-corrected chi connectivity index (χ4v) is 1.04. The van der Waals surface area contributed by atoms with E-state index < -0.39 is 0 Å². The van der Waals surface area contributed by atoms with Crippen molar-refractivity contribution in [2.75, 3.05) is 0 Å². The summed E-state index contributed by atoms with van der Waals surface area (Å²) in [4.78, 5) is 14.3. The Morgan fingerprint density at radius 1 is 1.50 bits per heavy atom. The summed E-state index contributed by atoms with van der Waals surface area (Å²) in [7, 11) is 0. The minimum atomic E-state index is -0.192. The molecule has 0 radical (unpaired) electrons. The molecule has 1 heterocycles. The highest BCUT2D eigenvalue weighted by atomic mass is 16.2. The van der Waals surface area contributed by atoms with E-state index in [1.807, 2.05) is 39.2 Å². The number of nitrogens with one attached hydrogen (secondary N) is 3. The van der Waals surface area contributed by atoms with Crippen LogP contribution in [-0.4, -0.2) is 16.6 Å². The normalized spacial score (nSPS) is 11.1. The van der Waals surface area contributed by atoms with Crippen molar-refractivity contribution < 1.29 is 4.79 Å². The fraction of sp³-hybridized carbons (Fsp3) is 0.500. The van der Waals surface area contributed by atoms with Crippen LogP contribution in [0.5, 0.6) is 0 Å². The standard InChI is InChI=1S/C10H17N3O/c1-10(2,3)13-9(14)12-7-8-4-5-11-6-8/h4-6,11H,7H2,1-3H3,(H2,12,13,14). The Bertz CT molecular complexity index is 285. The van der Waals surface area contributed by atoms with Gasteiger partial charge in [0.05, 0.1) is 0 Å². The van der Waals surface area contributed by atoms with Crippen LogP contribution in [0.15, 0.2) is 18.5 Å². The van der Waals surface area contributed by atoms with Crippen molar-refractivity contribution in [3.05, 3.63) is 24.0 Å². The Kier molecular flexibility index (Phi) is 3.17. The van der Waals surface area contributed by atoms with Crippen molar-refractivity contribution in [2.45, 2.75) is 32.9 Å². The lowest BCUT2D eigenvalue weighted by Crippen LogP contribution is -2.46. The zero-order valence-electron chi connectivity index (χ0n) is 8.85. The Morgan fingerprint density at radius 3 is 2.71 bits per heavy atom. The van der Waals surface area contributed by atoms with E-state index in [1.54, 1.807) is 0 Å². The third-order valence-corrected chi connectivity index (χ3v) is 1.60. The third-order valence-electron chi connectivity index (χ3n) is 1.60. The molecule has 4 nitrogen and oxygen atoms in total. The number of rotatable bonds is 2. The summed E-state index contributed by atoms with van der Waals surface area (Å²) < 4.78 is 0. The molecule has 0 saturated heterocycles. The first kappa shape index (κ1) is 10.6. The maximum Gasteiger partial charge on any atom is 0.315 e. The molecule has 0 bridgehead atoms. The molecule has 2 amide bonds. The van der Waals surface area contributed by atoms with Crippen molar-refractivity contribution in [1.29, 1.82) is 0 Å². The van der Waals surface area contributed by atoms with Gasteiger partial charge in [0.25, 0.3) is 0 Å². The maximum absolute atomic E-state index is 11.3. The second-order valence-electron chi connectivity index (χ2n) is 4.28. The molecular formula is C10H17N3O. The van der Waals surface area contributed by atoms with Crippen LogP contribution < -0.4 is 10.6 Å². The van der Waals surface area contributed by atoms with Crippen LogP contribution in [-0.2, 0) is 6.54 Å². The fourth-order valence-electron chi connectivity index (χ4n) is 1.04. The third kappa shape index (κ3) is 3.98. The van der Waals surface area contributed by atoms with E-state index >= 15 is 0 Å². The van der Waals surface area contributed by atoms with Crippen LogP contribution in [0.3, 0.4) is 0 Å². The van der Waals surface area contributed by atoms with Crippen LogP contribution in [0.2, 0.25) is 0 Å². The second-order valence-corrected chi connectivity index (χ2v) is 4.28. The molecule has 1 aromatic rings. The van der Waals surface area contributed by atoms with Crippen molar-refractivity contribution in [3.63, 3.8) is 0 Å². The molecule has 0 fully saturated rings. The summed E-state index contributed by atoms with van der Waals surface area (Å²) in [6, 6.07) is 1.79. The maximum atomic E-state index is 11.3. The number of carbonyl (C=O) groups excluding carboxylic acids is 1. The Labute approximate surface area is 84.1 Å². The number of H-pyrrole nitrogens is 1. The highest BCUT2D eigenvalue weighted by Gasteiger charge is 2.12. The van der Waals surface area contributed by atoms with Gasteiger partial charge in [-0.15, -0.1) is 0 Å². The van der Waals surface area contributed by atoms with E-state index in [9.17, 15) is 4.79 Å². The first-order valence-corrected chi connectivity index (χ1v) is 4.65. The monoisotopic (exact) mass is 195 g/mol. The Morgan fingerprint density at radius 2 is 2.21 bits per heavy atom. The molecule has 14 heavy (non-hydrogen) atoms. The number of amides is 2. The van der Waals surface area contributed by atoms with Crippen molar-refractivity contribution >= 4 is 6.03 Å². The molecule has 0 aromatic carbocycles. The van der Waals surface area contributed by atoms with Crippen LogP contribution in [0.25, 0.3) is 0 Å². The number of aromatic nitrogens is 1. The summed E-state index contributed by atoms with van der Waals surface area (Å²) in [6.07, 6.45) is 3.69. The molecule has 1 rings (SSSR count). The summed E-state index contributed by atoms with van der Waals surface area (Å²) in [5.41, 5.74) is 0.872. The highest BCUT2D eigenvalue weighted by Crippen LogP contribution is 1.98. The molecule has 0 unspecified atom stereocenters. The Hall–Kier alpha value is -1.45. The molecule has 1 aromatic heterocycles. The minimum Gasteiger partial charge on any atom is -0.367 e. The smallest absolute Gasteiger partial charge is 0.315 e. The molecule has 0 atom stereocenters. The van der Waals surface area contributed by atoms with Gasteiger partial charge in [-0.2, -0.15) is 0 Å². The molecule has 4 heteroatoms. The van der Waals surface area contributed by atoms with Crippen LogP contribution in [0.4, 0.5) is 4.79 Å². The van der Waals surface area contributed by atoms with Crippen molar-refractivity contribution in [3.8, 4) is 0 Å².